The van der Waals surface area contributed by atoms with Gasteiger partial charge in [0, 0.05) is 0 Å². The third kappa shape index (κ3) is 6.40. The molecule has 0 radical (unpaired) electrons. The van der Waals surface area contributed by atoms with Crippen LogP contribution in [0.15, 0.2) is 72.8 Å². The molecule has 0 fully saturated rings. The molecule has 2 N–H and O–H groups in total. The Hall–Kier alpha value is -3.22. The smallest absolute Gasteiger partial charge is 0.412 e. The van der Waals surface area contributed by atoms with Crippen molar-refractivity contribution in [1.82, 2.24) is 0 Å². The van der Waals surface area contributed by atoms with Crippen LogP contribution in [0.2, 0.25) is 10.0 Å². The Bertz CT molecular complexity index is 936. The molecule has 3 aromatic rings. The van der Waals surface area contributed by atoms with Crippen LogP contribution in [0.5, 0.6) is 0 Å². The molecule has 0 saturated heterocycles. The highest BCUT2D eigenvalue weighted by Crippen LogP contribution is 2.33. The van der Waals surface area contributed by atoms with E-state index in [2.05, 4.69) is 10.6 Å². The Kier molecular flexibility index (Phi) is 7.54. The summed E-state index contributed by atoms with van der Waals surface area (Å²) in [5.74, 6) is 0. The summed E-state index contributed by atoms with van der Waals surface area (Å²) in [7, 11) is 0. The average Bonchev–Trinajstić information content (AvgIpc) is 2.75. The summed E-state index contributed by atoms with van der Waals surface area (Å²) in [5.41, 5.74) is 2.16. The van der Waals surface area contributed by atoms with E-state index in [4.69, 9.17) is 32.7 Å². The summed E-state index contributed by atoms with van der Waals surface area (Å²) in [5, 5.41) is 5.46. The number of carbonyl (C=O) groups excluding carboxylic acids is 2. The second-order valence-electron chi connectivity index (χ2n) is 6.19. The molecule has 3 rings (SSSR count). The van der Waals surface area contributed by atoms with E-state index >= 15 is 0 Å². The second-order valence-corrected chi connectivity index (χ2v) is 7.00. The summed E-state index contributed by atoms with van der Waals surface area (Å²) in [6.07, 6.45) is -1.39. The molecular formula is C22H18Cl2N2O4. The van der Waals surface area contributed by atoms with Gasteiger partial charge in [-0.2, -0.15) is 0 Å². The summed E-state index contributed by atoms with van der Waals surface area (Å²) in [6.45, 7) is 0.212. The lowest BCUT2D eigenvalue weighted by atomic mass is 10.2. The average molecular weight is 445 g/mol. The second kappa shape index (κ2) is 10.5. The zero-order valence-corrected chi connectivity index (χ0v) is 17.2. The van der Waals surface area contributed by atoms with Gasteiger partial charge in [-0.25, -0.2) is 9.59 Å². The number of benzene rings is 3. The molecule has 30 heavy (non-hydrogen) atoms. The van der Waals surface area contributed by atoms with Crippen LogP contribution in [0.1, 0.15) is 11.1 Å². The highest BCUT2D eigenvalue weighted by Gasteiger charge is 2.14. The van der Waals surface area contributed by atoms with Gasteiger partial charge in [0.2, 0.25) is 0 Å². The van der Waals surface area contributed by atoms with Crippen molar-refractivity contribution in [3.05, 3.63) is 94.0 Å². The van der Waals surface area contributed by atoms with Crippen LogP contribution < -0.4 is 10.6 Å². The molecule has 8 heteroatoms. The standard InChI is InChI=1S/C22H18Cl2N2O4/c23-17-11-18(24)20(26-22(28)30-14-16-9-5-2-6-10-16)12-19(17)25-21(27)29-13-15-7-3-1-4-8-15/h1-12H,13-14H2,(H,25,27)(H,26,28). The monoisotopic (exact) mass is 444 g/mol. The predicted octanol–water partition coefficient (Wildman–Crippen LogP) is 6.49. The fraction of sp³-hybridized carbons (Fsp3) is 0.0909. The fourth-order valence-corrected chi connectivity index (χ4v) is 2.96. The topological polar surface area (TPSA) is 76.7 Å². The Balaban J connectivity index is 1.58. The van der Waals surface area contributed by atoms with Gasteiger partial charge in [-0.05, 0) is 23.3 Å². The van der Waals surface area contributed by atoms with Crippen LogP contribution in [-0.4, -0.2) is 12.2 Å². The quantitative estimate of drug-likeness (QED) is 0.455. The predicted molar refractivity (Wildman–Crippen MR) is 117 cm³/mol. The normalized spacial score (nSPS) is 10.2. The van der Waals surface area contributed by atoms with Gasteiger partial charge >= 0.3 is 12.2 Å². The minimum absolute atomic E-state index is 0.106. The molecule has 0 spiro atoms. The van der Waals surface area contributed by atoms with E-state index in [1.54, 1.807) is 0 Å². The van der Waals surface area contributed by atoms with Crippen molar-refractivity contribution in [3.63, 3.8) is 0 Å². The third-order valence-electron chi connectivity index (χ3n) is 3.96. The summed E-state index contributed by atoms with van der Waals surface area (Å²) in [4.78, 5) is 24.2. The van der Waals surface area contributed by atoms with Crippen LogP contribution in [0, 0.1) is 0 Å². The number of hydrogen-bond acceptors (Lipinski definition) is 4. The van der Waals surface area contributed by atoms with E-state index in [-0.39, 0.29) is 34.6 Å². The number of amides is 2. The lowest BCUT2D eigenvalue weighted by molar-refractivity contribution is 0.154. The number of nitrogens with one attached hydrogen (secondary N) is 2. The highest BCUT2D eigenvalue weighted by molar-refractivity contribution is 6.38. The van der Waals surface area contributed by atoms with E-state index in [0.29, 0.717) is 0 Å². The minimum atomic E-state index is -0.694. The molecule has 0 aliphatic carbocycles. The molecule has 3 aromatic carbocycles. The Morgan fingerprint density at radius 1 is 0.667 bits per heavy atom. The van der Waals surface area contributed by atoms with Gasteiger partial charge in [-0.3, -0.25) is 10.6 Å². The molecule has 0 aromatic heterocycles. The zero-order valence-electron chi connectivity index (χ0n) is 15.7. The van der Waals surface area contributed by atoms with Crippen molar-refractivity contribution in [3.8, 4) is 0 Å². The number of halogens is 2. The number of anilines is 2. The van der Waals surface area contributed by atoms with E-state index in [1.807, 2.05) is 60.7 Å². The molecule has 0 heterocycles. The molecule has 0 bridgehead atoms. The van der Waals surface area contributed by atoms with E-state index < -0.39 is 12.2 Å². The summed E-state index contributed by atoms with van der Waals surface area (Å²) < 4.78 is 10.3. The third-order valence-corrected chi connectivity index (χ3v) is 4.58. The van der Waals surface area contributed by atoms with E-state index in [9.17, 15) is 9.59 Å². The highest BCUT2D eigenvalue weighted by atomic mass is 35.5. The Labute approximate surface area is 183 Å². The number of carbonyl (C=O) groups is 2. The minimum Gasteiger partial charge on any atom is -0.444 e. The summed E-state index contributed by atoms with van der Waals surface area (Å²) in [6, 6.07) is 21.3. The van der Waals surface area contributed by atoms with Crippen molar-refractivity contribution >= 4 is 46.8 Å². The number of hydrogen-bond donors (Lipinski definition) is 2. The Morgan fingerprint density at radius 2 is 1.07 bits per heavy atom. The fourth-order valence-electron chi connectivity index (χ4n) is 2.48. The van der Waals surface area contributed by atoms with Gasteiger partial charge in [-0.1, -0.05) is 83.9 Å². The molecule has 6 nitrogen and oxygen atoms in total. The zero-order chi connectivity index (χ0) is 21.3. The van der Waals surface area contributed by atoms with Crippen LogP contribution in [-0.2, 0) is 22.7 Å². The first-order chi connectivity index (χ1) is 14.5. The molecule has 154 valence electrons. The molecule has 0 aliphatic rings. The van der Waals surface area contributed by atoms with Crippen molar-refractivity contribution in [2.24, 2.45) is 0 Å². The van der Waals surface area contributed by atoms with Gasteiger partial charge in [0.1, 0.15) is 13.2 Å². The first kappa shape index (κ1) is 21.5. The van der Waals surface area contributed by atoms with Gasteiger partial charge in [-0.15, -0.1) is 0 Å². The van der Waals surface area contributed by atoms with Crippen molar-refractivity contribution in [1.29, 1.82) is 0 Å². The van der Waals surface area contributed by atoms with Crippen LogP contribution in [0.4, 0.5) is 21.0 Å². The van der Waals surface area contributed by atoms with E-state index in [1.165, 1.54) is 12.1 Å². The molecule has 0 atom stereocenters. The van der Waals surface area contributed by atoms with Crippen LogP contribution in [0.3, 0.4) is 0 Å². The lowest BCUT2D eigenvalue weighted by Crippen LogP contribution is -2.16. The van der Waals surface area contributed by atoms with Gasteiger partial charge in [0.25, 0.3) is 0 Å². The van der Waals surface area contributed by atoms with Crippen LogP contribution in [0.25, 0.3) is 0 Å². The maximum atomic E-state index is 12.1. The molecule has 0 aliphatic heterocycles. The van der Waals surface area contributed by atoms with Gasteiger partial charge in [0.05, 0.1) is 21.4 Å². The molecular weight excluding hydrogens is 427 g/mol. The molecule has 0 unspecified atom stereocenters. The van der Waals surface area contributed by atoms with Gasteiger partial charge in [0.15, 0.2) is 0 Å². The van der Waals surface area contributed by atoms with Crippen molar-refractivity contribution in [2.75, 3.05) is 10.6 Å². The molecule has 2 amide bonds. The number of rotatable bonds is 6. The van der Waals surface area contributed by atoms with Crippen molar-refractivity contribution in [2.45, 2.75) is 13.2 Å². The van der Waals surface area contributed by atoms with Crippen LogP contribution >= 0.6 is 23.2 Å². The Morgan fingerprint density at radius 3 is 1.47 bits per heavy atom. The van der Waals surface area contributed by atoms with Crippen molar-refractivity contribution < 1.29 is 19.1 Å². The van der Waals surface area contributed by atoms with Gasteiger partial charge < -0.3 is 9.47 Å². The SMILES string of the molecule is O=C(Nc1cc(NC(=O)OCc2ccccc2)c(Cl)cc1Cl)OCc1ccccc1. The summed E-state index contributed by atoms with van der Waals surface area (Å²) >= 11 is 12.3. The number of ether oxygens (including phenoxy) is 2. The van der Waals surface area contributed by atoms with E-state index in [0.717, 1.165) is 11.1 Å². The largest absolute Gasteiger partial charge is 0.444 e. The lowest BCUT2D eigenvalue weighted by Gasteiger charge is -2.13. The first-order valence-electron chi connectivity index (χ1n) is 8.95. The maximum Gasteiger partial charge on any atom is 0.412 e. The molecule has 0 saturated carbocycles. The first-order valence-corrected chi connectivity index (χ1v) is 9.71. The maximum absolute atomic E-state index is 12.1.